The van der Waals surface area contributed by atoms with Gasteiger partial charge in [-0.3, -0.25) is 14.1 Å². The second kappa shape index (κ2) is 7.34. The minimum absolute atomic E-state index is 0.141. The first-order chi connectivity index (χ1) is 13.0. The molecule has 28 heavy (non-hydrogen) atoms. The van der Waals surface area contributed by atoms with Gasteiger partial charge in [-0.15, -0.1) is 0 Å². The van der Waals surface area contributed by atoms with Gasteiger partial charge in [0.15, 0.2) is 6.61 Å². The summed E-state index contributed by atoms with van der Waals surface area (Å²) in [4.78, 5) is 25.0. The average Bonchev–Trinajstić information content (AvgIpc) is 3.19. The Balaban J connectivity index is 1.65. The van der Waals surface area contributed by atoms with Gasteiger partial charge in [0.25, 0.3) is 0 Å². The number of hydrogen-bond donors (Lipinski definition) is 1. The highest BCUT2D eigenvalue weighted by Gasteiger charge is 2.54. The first-order valence-corrected chi connectivity index (χ1v) is 10.4. The van der Waals surface area contributed by atoms with Gasteiger partial charge in [0.05, 0.1) is 30.5 Å². The lowest BCUT2D eigenvalue weighted by molar-refractivity contribution is -0.179. The Morgan fingerprint density at radius 2 is 1.71 bits per heavy atom. The van der Waals surface area contributed by atoms with Crippen LogP contribution in [0.2, 0.25) is 0 Å². The van der Waals surface area contributed by atoms with E-state index in [4.69, 9.17) is 14.0 Å². The molecule has 0 aromatic rings. The topological polar surface area (TPSA) is 116 Å². The van der Waals surface area contributed by atoms with Crippen LogP contribution in [-0.2, 0) is 33.9 Å². The van der Waals surface area contributed by atoms with Crippen LogP contribution in [0.3, 0.4) is 0 Å². The SMILES string of the molecule is CCC1(COC(=O)C2C3C=CC(C3)C2C(=O)OCC(F)(F)S(=O)(=O)O)COC1. The van der Waals surface area contributed by atoms with Crippen molar-refractivity contribution in [3.8, 4) is 0 Å². The highest BCUT2D eigenvalue weighted by molar-refractivity contribution is 7.86. The van der Waals surface area contributed by atoms with Crippen LogP contribution in [0.5, 0.6) is 0 Å². The first kappa shape index (κ1) is 21.1. The third kappa shape index (κ3) is 3.79. The van der Waals surface area contributed by atoms with Crippen LogP contribution in [0.15, 0.2) is 12.2 Å². The maximum absolute atomic E-state index is 13.3. The van der Waals surface area contributed by atoms with Gasteiger partial charge in [0.1, 0.15) is 6.61 Å². The summed E-state index contributed by atoms with van der Waals surface area (Å²) in [6.07, 6.45) is 4.74. The van der Waals surface area contributed by atoms with Crippen molar-refractivity contribution in [3.05, 3.63) is 12.2 Å². The maximum Gasteiger partial charge on any atom is 0.402 e. The number of alkyl halides is 2. The van der Waals surface area contributed by atoms with E-state index in [1.807, 2.05) is 6.92 Å². The van der Waals surface area contributed by atoms with Crippen LogP contribution < -0.4 is 0 Å². The van der Waals surface area contributed by atoms with Crippen LogP contribution in [0.1, 0.15) is 19.8 Å². The lowest BCUT2D eigenvalue weighted by Crippen LogP contribution is -2.47. The maximum atomic E-state index is 13.3. The number of ether oxygens (including phenoxy) is 3. The molecule has 2 aliphatic carbocycles. The molecule has 11 heteroatoms. The van der Waals surface area contributed by atoms with E-state index in [2.05, 4.69) is 4.74 Å². The summed E-state index contributed by atoms with van der Waals surface area (Å²) in [5.74, 6) is -4.28. The Hall–Kier alpha value is -1.59. The largest absolute Gasteiger partial charge is 0.465 e. The molecule has 0 amide bonds. The molecular weight excluding hydrogens is 402 g/mol. The molecule has 0 spiro atoms. The number of carbonyl (C=O) groups is 2. The summed E-state index contributed by atoms with van der Waals surface area (Å²) in [5, 5.41) is -4.62. The number of fused-ring (bicyclic) bond motifs is 2. The second-order valence-electron chi connectivity index (χ2n) is 7.67. The molecule has 1 heterocycles. The minimum Gasteiger partial charge on any atom is -0.465 e. The number of carbonyl (C=O) groups excluding carboxylic acids is 2. The zero-order chi connectivity index (χ0) is 20.7. The zero-order valence-electron chi connectivity index (χ0n) is 15.2. The Morgan fingerprint density at radius 1 is 1.18 bits per heavy atom. The second-order valence-corrected chi connectivity index (χ2v) is 9.22. The molecule has 2 fully saturated rings. The lowest BCUT2D eigenvalue weighted by atomic mass is 9.82. The van der Waals surface area contributed by atoms with Crippen molar-refractivity contribution >= 4 is 22.1 Å². The quantitative estimate of drug-likeness (QED) is 0.353. The molecule has 1 saturated heterocycles. The Bertz CT molecular complexity index is 769. The van der Waals surface area contributed by atoms with E-state index < -0.39 is 45.8 Å². The van der Waals surface area contributed by atoms with Gasteiger partial charge in [-0.05, 0) is 24.7 Å². The summed E-state index contributed by atoms with van der Waals surface area (Å²) < 4.78 is 71.5. The first-order valence-electron chi connectivity index (χ1n) is 8.94. The van der Waals surface area contributed by atoms with E-state index >= 15 is 0 Å². The van der Waals surface area contributed by atoms with E-state index in [0.717, 1.165) is 6.42 Å². The summed E-state index contributed by atoms with van der Waals surface area (Å²) in [5.41, 5.74) is -0.239. The van der Waals surface area contributed by atoms with Crippen molar-refractivity contribution in [1.29, 1.82) is 0 Å². The third-order valence-electron chi connectivity index (χ3n) is 5.85. The molecule has 158 valence electrons. The van der Waals surface area contributed by atoms with E-state index in [9.17, 15) is 26.8 Å². The minimum atomic E-state index is -5.71. The molecule has 0 aromatic carbocycles. The van der Waals surface area contributed by atoms with Gasteiger partial charge in [-0.25, -0.2) is 0 Å². The molecule has 0 aromatic heterocycles. The van der Waals surface area contributed by atoms with Crippen LogP contribution in [0.4, 0.5) is 8.78 Å². The highest BCUT2D eigenvalue weighted by Crippen LogP contribution is 2.49. The van der Waals surface area contributed by atoms with Crippen LogP contribution in [0, 0.1) is 29.1 Å². The summed E-state index contributed by atoms with van der Waals surface area (Å²) in [6, 6.07) is 0. The van der Waals surface area contributed by atoms with Gasteiger partial charge in [0.2, 0.25) is 0 Å². The monoisotopic (exact) mass is 424 g/mol. The van der Waals surface area contributed by atoms with E-state index in [0.29, 0.717) is 19.6 Å². The zero-order valence-corrected chi connectivity index (χ0v) is 16.0. The molecule has 4 atom stereocenters. The van der Waals surface area contributed by atoms with Gasteiger partial charge in [0, 0.05) is 0 Å². The third-order valence-corrected chi connectivity index (χ3v) is 6.72. The molecule has 1 aliphatic heterocycles. The number of allylic oxidation sites excluding steroid dienone is 2. The molecule has 2 bridgehead atoms. The fourth-order valence-electron chi connectivity index (χ4n) is 3.89. The van der Waals surface area contributed by atoms with Crippen LogP contribution in [-0.4, -0.2) is 56.6 Å². The number of hydrogen-bond acceptors (Lipinski definition) is 7. The lowest BCUT2D eigenvalue weighted by Gasteiger charge is -2.40. The number of rotatable bonds is 8. The van der Waals surface area contributed by atoms with Crippen molar-refractivity contribution in [2.45, 2.75) is 25.0 Å². The highest BCUT2D eigenvalue weighted by atomic mass is 32.2. The van der Waals surface area contributed by atoms with E-state index in [1.54, 1.807) is 12.2 Å². The fourth-order valence-corrected chi connectivity index (χ4v) is 4.10. The Kier molecular flexibility index (Phi) is 5.54. The predicted octanol–water partition coefficient (Wildman–Crippen LogP) is 1.42. The van der Waals surface area contributed by atoms with Crippen molar-refractivity contribution in [3.63, 3.8) is 0 Å². The summed E-state index contributed by atoms with van der Waals surface area (Å²) >= 11 is 0. The molecule has 1 saturated carbocycles. The summed E-state index contributed by atoms with van der Waals surface area (Å²) in [7, 11) is -5.71. The number of halogens is 2. The summed E-state index contributed by atoms with van der Waals surface area (Å²) in [6.45, 7) is 1.22. The predicted molar refractivity (Wildman–Crippen MR) is 89.7 cm³/mol. The molecule has 4 unspecified atom stereocenters. The molecule has 3 rings (SSSR count). The molecule has 0 radical (unpaired) electrons. The van der Waals surface area contributed by atoms with Gasteiger partial charge in [-0.1, -0.05) is 19.1 Å². The van der Waals surface area contributed by atoms with Crippen molar-refractivity contribution in [1.82, 2.24) is 0 Å². The van der Waals surface area contributed by atoms with E-state index in [1.165, 1.54) is 0 Å². The standard InChI is InChI=1S/C17H22F2O8S/c1-2-16(6-25-7-16)8-26-14(20)12-10-3-4-11(5-10)13(12)15(21)27-9-17(18,19)28(22,23)24/h3-4,10-13H,2,5-9H2,1H3,(H,22,23,24). The Labute approximate surface area is 160 Å². The van der Waals surface area contributed by atoms with Crippen molar-refractivity contribution in [2.75, 3.05) is 26.4 Å². The Morgan fingerprint density at radius 3 is 2.14 bits per heavy atom. The van der Waals surface area contributed by atoms with Gasteiger partial charge < -0.3 is 14.2 Å². The molecule has 1 N–H and O–H groups in total. The molecular formula is C17H22F2O8S. The van der Waals surface area contributed by atoms with Crippen LogP contribution >= 0.6 is 0 Å². The van der Waals surface area contributed by atoms with Gasteiger partial charge >= 0.3 is 27.3 Å². The fraction of sp³-hybridized carbons (Fsp3) is 0.765. The normalized spacial score (nSPS) is 30.7. The average molecular weight is 424 g/mol. The molecule has 3 aliphatic rings. The van der Waals surface area contributed by atoms with E-state index in [-0.39, 0.29) is 23.9 Å². The van der Waals surface area contributed by atoms with Gasteiger partial charge in [-0.2, -0.15) is 17.2 Å². The molecule has 8 nitrogen and oxygen atoms in total. The van der Waals surface area contributed by atoms with Crippen molar-refractivity contribution < 1.29 is 45.6 Å². The number of esters is 2. The van der Waals surface area contributed by atoms with Crippen molar-refractivity contribution in [2.24, 2.45) is 29.1 Å². The smallest absolute Gasteiger partial charge is 0.402 e. The van der Waals surface area contributed by atoms with Crippen LogP contribution in [0.25, 0.3) is 0 Å².